The molecule has 4 amide bonds. The van der Waals surface area contributed by atoms with Gasteiger partial charge in [0.2, 0.25) is 31.9 Å². The predicted molar refractivity (Wildman–Crippen MR) is 181 cm³/mol. The number of nitrogens with zero attached hydrogens (tertiary/aromatic N) is 3. The van der Waals surface area contributed by atoms with Gasteiger partial charge in [0.25, 0.3) is 5.91 Å². The Balaban J connectivity index is 1.45. The van der Waals surface area contributed by atoms with Gasteiger partial charge in [-0.15, -0.1) is 6.58 Å². The van der Waals surface area contributed by atoms with Crippen molar-refractivity contribution in [1.29, 1.82) is 0 Å². The zero-order valence-corrected chi connectivity index (χ0v) is 31.3. The van der Waals surface area contributed by atoms with Crippen LogP contribution in [0.5, 0.6) is 0 Å². The minimum Gasteiger partial charge on any atom is -0.446 e. The topological polar surface area (TPSA) is 201 Å². The first-order chi connectivity index (χ1) is 22.8. The lowest BCUT2D eigenvalue weighted by molar-refractivity contribution is -0.142. The van der Waals surface area contributed by atoms with Crippen LogP contribution in [0.3, 0.4) is 0 Å². The molecule has 1 aliphatic heterocycles. The van der Waals surface area contributed by atoms with Crippen LogP contribution >= 0.6 is 27.5 Å². The van der Waals surface area contributed by atoms with E-state index in [4.69, 9.17) is 16.3 Å². The van der Waals surface area contributed by atoms with E-state index in [-0.39, 0.29) is 27.0 Å². The van der Waals surface area contributed by atoms with E-state index in [1.54, 1.807) is 20.8 Å². The van der Waals surface area contributed by atoms with Gasteiger partial charge in [0.05, 0.1) is 16.4 Å². The molecule has 0 aromatic carbocycles. The van der Waals surface area contributed by atoms with Crippen molar-refractivity contribution in [2.45, 2.75) is 99.6 Å². The van der Waals surface area contributed by atoms with Crippen LogP contribution in [0.1, 0.15) is 65.7 Å². The highest BCUT2D eigenvalue weighted by molar-refractivity contribution is 9.10. The van der Waals surface area contributed by atoms with Crippen LogP contribution in [0.4, 0.5) is 4.79 Å². The average molecular weight is 808 g/mol. The van der Waals surface area contributed by atoms with E-state index in [9.17, 15) is 36.0 Å². The molecule has 3 aliphatic carbocycles. The van der Waals surface area contributed by atoms with Gasteiger partial charge >= 0.3 is 6.09 Å². The summed E-state index contributed by atoms with van der Waals surface area (Å²) in [5.41, 5.74) is -2.60. The summed E-state index contributed by atoms with van der Waals surface area (Å²) in [7, 11) is -8.34. The highest BCUT2D eigenvalue weighted by Crippen LogP contribution is 2.45. The minimum absolute atomic E-state index is 0.0199. The van der Waals surface area contributed by atoms with Crippen molar-refractivity contribution in [3.8, 4) is 0 Å². The summed E-state index contributed by atoms with van der Waals surface area (Å²) >= 11 is 9.14. The molecule has 0 bridgehead atoms. The molecule has 0 spiro atoms. The van der Waals surface area contributed by atoms with E-state index in [0.717, 1.165) is 28.2 Å². The van der Waals surface area contributed by atoms with Crippen molar-refractivity contribution in [3.63, 3.8) is 0 Å². The van der Waals surface area contributed by atoms with E-state index < -0.39 is 91.3 Å². The standard InChI is InChI=1S/C30H40BrClN6O9S2/c1-5-17-13-30(17,27(41)36-48(43,44)19-10-11-19)35-25(39)22-15-37(49(45,46)20-12-21(31)24(32)33-14-20)16-38(22)26(40)23(29(2,3)4)34-28(42)47-18-8-6-7-9-18/h5,12,14,17-19,22-23H,1,6-11,13,15-16H2,2-4H3,(H,34,42)(H,35,39)(H,36,41)/t17-,22+,23-,30-/m1/s1. The Hall–Kier alpha value is -2.80. The summed E-state index contributed by atoms with van der Waals surface area (Å²) in [4.78, 5) is 59.4. The van der Waals surface area contributed by atoms with Crippen molar-refractivity contribution in [3.05, 3.63) is 34.5 Å². The molecule has 3 N–H and O–H groups in total. The normalized spacial score (nSPS) is 25.4. The van der Waals surface area contributed by atoms with E-state index >= 15 is 0 Å². The second-order valence-electron chi connectivity index (χ2n) is 14.0. The van der Waals surface area contributed by atoms with Gasteiger partial charge in [-0.25, -0.2) is 26.6 Å². The molecule has 49 heavy (non-hydrogen) atoms. The molecule has 15 nitrogen and oxygen atoms in total. The maximum Gasteiger partial charge on any atom is 0.408 e. The fourth-order valence-electron chi connectivity index (χ4n) is 6.08. The smallest absolute Gasteiger partial charge is 0.408 e. The number of halogens is 2. The minimum atomic E-state index is -4.38. The highest BCUT2D eigenvalue weighted by Gasteiger charge is 2.62. The van der Waals surface area contributed by atoms with Crippen molar-refractivity contribution in [2.75, 3.05) is 13.2 Å². The maximum atomic E-state index is 14.3. The number of sulfonamides is 2. The zero-order chi connectivity index (χ0) is 36.1. The van der Waals surface area contributed by atoms with Crippen molar-refractivity contribution in [1.82, 2.24) is 29.5 Å². The van der Waals surface area contributed by atoms with Gasteiger partial charge in [-0.1, -0.05) is 38.4 Å². The third kappa shape index (κ3) is 7.92. The van der Waals surface area contributed by atoms with E-state index in [2.05, 4.69) is 42.8 Å². The molecule has 4 aliphatic rings. The zero-order valence-electron chi connectivity index (χ0n) is 27.3. The van der Waals surface area contributed by atoms with Gasteiger partial charge in [0.15, 0.2) is 0 Å². The molecule has 0 unspecified atom stereocenters. The average Bonchev–Trinajstić information content (AvgIpc) is 3.89. The molecule has 1 aromatic heterocycles. The summed E-state index contributed by atoms with van der Waals surface area (Å²) in [5, 5.41) is 4.57. The first-order valence-corrected chi connectivity index (χ1v) is 20.1. The lowest BCUT2D eigenvalue weighted by Crippen LogP contribution is -2.60. The molecular weight excluding hydrogens is 768 g/mol. The summed E-state index contributed by atoms with van der Waals surface area (Å²) < 4.78 is 61.5. The number of carbonyl (C=O) groups is 4. The van der Waals surface area contributed by atoms with Crippen LogP contribution in [0.25, 0.3) is 0 Å². The van der Waals surface area contributed by atoms with Gasteiger partial charge < -0.3 is 20.3 Å². The molecule has 19 heteroatoms. The Labute approximate surface area is 299 Å². The van der Waals surface area contributed by atoms with Crippen LogP contribution in [-0.4, -0.2) is 97.0 Å². The molecule has 270 valence electrons. The summed E-state index contributed by atoms with van der Waals surface area (Å²) in [6.45, 7) is 7.66. The van der Waals surface area contributed by atoms with Crippen LogP contribution < -0.4 is 15.4 Å². The second-order valence-corrected chi connectivity index (χ2v) is 19.1. The Morgan fingerprint density at radius 1 is 1.14 bits per heavy atom. The summed E-state index contributed by atoms with van der Waals surface area (Å²) in [6.07, 6.45) is 5.42. The molecule has 1 aromatic rings. The maximum absolute atomic E-state index is 14.3. The monoisotopic (exact) mass is 806 g/mol. The third-order valence-electron chi connectivity index (χ3n) is 9.26. The van der Waals surface area contributed by atoms with Gasteiger partial charge in [0, 0.05) is 18.7 Å². The molecule has 4 fully saturated rings. The molecule has 0 radical (unpaired) electrons. The fourth-order valence-corrected chi connectivity index (χ4v) is 9.41. The van der Waals surface area contributed by atoms with Gasteiger partial charge in [-0.05, 0) is 72.4 Å². The largest absolute Gasteiger partial charge is 0.446 e. The quantitative estimate of drug-likeness (QED) is 0.220. The lowest BCUT2D eigenvalue weighted by Gasteiger charge is -2.35. The number of ether oxygens (including phenoxy) is 1. The molecule has 1 saturated heterocycles. The molecule has 2 heterocycles. The van der Waals surface area contributed by atoms with Crippen molar-refractivity contribution in [2.24, 2.45) is 11.3 Å². The fraction of sp³-hybridized carbons (Fsp3) is 0.633. The van der Waals surface area contributed by atoms with Gasteiger partial charge in [-0.3, -0.25) is 19.1 Å². The Morgan fingerprint density at radius 2 is 1.80 bits per heavy atom. The van der Waals surface area contributed by atoms with E-state index in [0.29, 0.717) is 25.7 Å². The number of nitrogens with one attached hydrogen (secondary N) is 3. The van der Waals surface area contributed by atoms with Crippen LogP contribution in [0.2, 0.25) is 5.15 Å². The number of aromatic nitrogens is 1. The summed E-state index contributed by atoms with van der Waals surface area (Å²) in [5.74, 6) is -3.23. The number of pyridine rings is 1. The predicted octanol–water partition coefficient (Wildman–Crippen LogP) is 2.41. The van der Waals surface area contributed by atoms with Crippen molar-refractivity contribution >= 4 is 71.4 Å². The van der Waals surface area contributed by atoms with E-state index in [1.807, 2.05) is 0 Å². The molecule has 5 rings (SSSR count). The van der Waals surface area contributed by atoms with Crippen molar-refractivity contribution < 1.29 is 40.8 Å². The van der Waals surface area contributed by atoms with Gasteiger partial charge in [-0.2, -0.15) is 4.31 Å². The first-order valence-electron chi connectivity index (χ1n) is 15.9. The second kappa shape index (κ2) is 13.7. The molecule has 4 atom stereocenters. The number of hydrogen-bond acceptors (Lipinski definition) is 10. The number of rotatable bonds is 11. The third-order valence-corrected chi connectivity index (χ3v) is 14.0. The van der Waals surface area contributed by atoms with E-state index in [1.165, 1.54) is 12.1 Å². The van der Waals surface area contributed by atoms with Crippen LogP contribution in [0, 0.1) is 11.3 Å². The number of alkyl carbamates (subject to hydrolysis) is 1. The Morgan fingerprint density at radius 3 is 2.35 bits per heavy atom. The Bertz CT molecular complexity index is 1760. The number of hydrogen-bond donors (Lipinski definition) is 3. The van der Waals surface area contributed by atoms with Crippen LogP contribution in [0.15, 0.2) is 34.3 Å². The summed E-state index contributed by atoms with van der Waals surface area (Å²) in [6, 6.07) is -1.51. The number of amides is 4. The van der Waals surface area contributed by atoms with Gasteiger partial charge in [0.1, 0.15) is 33.8 Å². The number of carbonyl (C=O) groups excluding carboxylic acids is 4. The molecular formula is C30H40BrClN6O9S2. The first kappa shape index (κ1) is 37.5. The SMILES string of the molecule is C=C[C@@H]1C[C@]1(NC(=O)[C@@H]1CN(S(=O)(=O)c2cnc(Cl)c(Br)c2)CN1C(=O)[C@@H](NC(=O)OC1CCCC1)C(C)(C)C)C(=O)NS(=O)(=O)C1CC1. The van der Waals surface area contributed by atoms with Crippen LogP contribution in [-0.2, 0) is 39.2 Å². The lowest BCUT2D eigenvalue weighted by atomic mass is 9.85. The molecule has 3 saturated carbocycles. The highest BCUT2D eigenvalue weighted by atomic mass is 79.9. The Kier molecular flexibility index (Phi) is 10.5.